The van der Waals surface area contributed by atoms with Gasteiger partial charge in [-0.2, -0.15) is 18.2 Å². The zero-order valence-corrected chi connectivity index (χ0v) is 18.3. The summed E-state index contributed by atoms with van der Waals surface area (Å²) in [4.78, 5) is 9.42. The molecule has 0 fully saturated rings. The van der Waals surface area contributed by atoms with Crippen molar-refractivity contribution >= 4 is 11.5 Å². The van der Waals surface area contributed by atoms with Crippen molar-refractivity contribution in [1.29, 1.82) is 0 Å². The van der Waals surface area contributed by atoms with E-state index >= 15 is 0 Å². The highest BCUT2D eigenvalue weighted by Crippen LogP contribution is 2.40. The first kappa shape index (κ1) is 23.4. The molecular weight excluding hydrogens is 419 g/mol. The van der Waals surface area contributed by atoms with Gasteiger partial charge in [-0.05, 0) is 30.5 Å². The van der Waals surface area contributed by atoms with Crippen LogP contribution in [0.25, 0.3) is 0 Å². The largest absolute Gasteiger partial charge is 0.491 e. The quantitative estimate of drug-likeness (QED) is 0.389. The van der Waals surface area contributed by atoms with Crippen molar-refractivity contribution in [3.8, 4) is 11.8 Å². The van der Waals surface area contributed by atoms with Crippen molar-refractivity contribution in [3.63, 3.8) is 0 Å². The molecule has 0 N–H and O–H groups in total. The molecule has 0 aliphatic carbocycles. The molecule has 0 saturated carbocycles. The SMILES string of the molecule is CCN(c1ccccc1OCC(C)C)c1nc(OCc2ccccc2)ncc1C(F)(F)F. The average molecular weight is 445 g/mol. The van der Waals surface area contributed by atoms with Crippen molar-refractivity contribution in [1.82, 2.24) is 9.97 Å². The minimum Gasteiger partial charge on any atom is -0.491 e. The molecule has 0 radical (unpaired) electrons. The Labute approximate surface area is 185 Å². The van der Waals surface area contributed by atoms with Crippen LogP contribution in [0, 0.1) is 5.92 Å². The molecule has 0 aliphatic heterocycles. The number of nitrogens with zero attached hydrogens (tertiary/aromatic N) is 3. The lowest BCUT2D eigenvalue weighted by atomic mass is 10.2. The Hall–Kier alpha value is -3.29. The summed E-state index contributed by atoms with van der Waals surface area (Å²) < 4.78 is 52.9. The zero-order valence-electron chi connectivity index (χ0n) is 18.3. The van der Waals surface area contributed by atoms with Gasteiger partial charge in [0, 0.05) is 12.7 Å². The number of alkyl halides is 3. The first-order chi connectivity index (χ1) is 15.3. The second-order valence-electron chi connectivity index (χ2n) is 7.58. The molecule has 0 bridgehead atoms. The van der Waals surface area contributed by atoms with E-state index in [0.717, 1.165) is 11.8 Å². The van der Waals surface area contributed by atoms with Crippen LogP contribution >= 0.6 is 0 Å². The molecule has 0 aliphatic rings. The van der Waals surface area contributed by atoms with Crippen LogP contribution in [0.2, 0.25) is 0 Å². The highest BCUT2D eigenvalue weighted by Gasteiger charge is 2.37. The fraction of sp³-hybridized carbons (Fsp3) is 0.333. The fourth-order valence-corrected chi connectivity index (χ4v) is 3.05. The molecular formula is C24H26F3N3O2. The van der Waals surface area contributed by atoms with Gasteiger partial charge in [-0.15, -0.1) is 0 Å². The number of benzene rings is 2. The van der Waals surface area contributed by atoms with E-state index in [4.69, 9.17) is 9.47 Å². The molecule has 170 valence electrons. The van der Waals surface area contributed by atoms with E-state index in [-0.39, 0.29) is 30.9 Å². The van der Waals surface area contributed by atoms with Gasteiger partial charge in [-0.25, -0.2) is 4.98 Å². The van der Waals surface area contributed by atoms with Gasteiger partial charge in [0.2, 0.25) is 0 Å². The molecule has 32 heavy (non-hydrogen) atoms. The third-order valence-corrected chi connectivity index (χ3v) is 4.56. The first-order valence-corrected chi connectivity index (χ1v) is 10.4. The van der Waals surface area contributed by atoms with E-state index in [9.17, 15) is 13.2 Å². The van der Waals surface area contributed by atoms with Gasteiger partial charge >= 0.3 is 12.2 Å². The minimum absolute atomic E-state index is 0.129. The van der Waals surface area contributed by atoms with E-state index < -0.39 is 11.7 Å². The molecule has 1 aromatic heterocycles. The molecule has 1 heterocycles. The van der Waals surface area contributed by atoms with E-state index in [1.807, 2.05) is 44.2 Å². The van der Waals surface area contributed by atoms with Gasteiger partial charge in [0.05, 0.1) is 12.3 Å². The van der Waals surface area contributed by atoms with Crippen molar-refractivity contribution in [3.05, 3.63) is 71.9 Å². The maximum Gasteiger partial charge on any atom is 0.421 e. The molecule has 3 aromatic rings. The molecule has 8 heteroatoms. The highest BCUT2D eigenvalue weighted by molar-refractivity contribution is 5.69. The van der Waals surface area contributed by atoms with Crippen LogP contribution in [0.1, 0.15) is 31.9 Å². The summed E-state index contributed by atoms with van der Waals surface area (Å²) >= 11 is 0. The summed E-state index contributed by atoms with van der Waals surface area (Å²) in [6, 6.07) is 16.1. The topological polar surface area (TPSA) is 47.5 Å². The monoisotopic (exact) mass is 445 g/mol. The Bertz CT molecular complexity index is 1010. The number of hydrogen-bond donors (Lipinski definition) is 0. The zero-order chi connectivity index (χ0) is 23.1. The van der Waals surface area contributed by atoms with Crippen molar-refractivity contribution < 1.29 is 22.6 Å². The Morgan fingerprint density at radius 2 is 1.66 bits per heavy atom. The molecule has 5 nitrogen and oxygen atoms in total. The summed E-state index contributed by atoms with van der Waals surface area (Å²) in [5.74, 6) is 0.473. The summed E-state index contributed by atoms with van der Waals surface area (Å²) in [5, 5.41) is 0. The van der Waals surface area contributed by atoms with E-state index in [1.54, 1.807) is 31.2 Å². The standard InChI is InChI=1S/C24H26F3N3O2/c1-4-30(20-12-8-9-13-21(20)31-15-17(2)3)22-19(24(25,26)27)14-28-23(29-22)32-16-18-10-6-5-7-11-18/h5-14,17H,4,15-16H2,1-3H3. The lowest BCUT2D eigenvalue weighted by molar-refractivity contribution is -0.137. The average Bonchev–Trinajstić information content (AvgIpc) is 2.77. The molecule has 2 aromatic carbocycles. The lowest BCUT2D eigenvalue weighted by Crippen LogP contribution is -2.23. The lowest BCUT2D eigenvalue weighted by Gasteiger charge is -2.27. The van der Waals surface area contributed by atoms with Gasteiger partial charge in [-0.1, -0.05) is 56.3 Å². The second-order valence-corrected chi connectivity index (χ2v) is 7.58. The Balaban J connectivity index is 1.99. The maximum atomic E-state index is 13.8. The van der Waals surface area contributed by atoms with Crippen LogP contribution in [-0.2, 0) is 12.8 Å². The molecule has 0 spiro atoms. The first-order valence-electron chi connectivity index (χ1n) is 10.4. The number of halogens is 3. The smallest absolute Gasteiger partial charge is 0.421 e. The van der Waals surface area contributed by atoms with Gasteiger partial charge in [0.15, 0.2) is 5.82 Å². The number of ether oxygens (including phenoxy) is 2. The number of aromatic nitrogens is 2. The van der Waals surface area contributed by atoms with Crippen molar-refractivity contribution in [2.75, 3.05) is 18.1 Å². The Morgan fingerprint density at radius 1 is 0.969 bits per heavy atom. The third-order valence-electron chi connectivity index (χ3n) is 4.56. The van der Waals surface area contributed by atoms with Crippen LogP contribution in [-0.4, -0.2) is 23.1 Å². The van der Waals surface area contributed by atoms with Crippen molar-refractivity contribution in [2.45, 2.75) is 33.6 Å². The molecule has 0 amide bonds. The van der Waals surface area contributed by atoms with Crippen LogP contribution in [0.15, 0.2) is 60.8 Å². The van der Waals surface area contributed by atoms with Crippen LogP contribution in [0.5, 0.6) is 11.8 Å². The molecule has 0 saturated heterocycles. The minimum atomic E-state index is -4.63. The van der Waals surface area contributed by atoms with E-state index in [1.165, 1.54) is 4.90 Å². The van der Waals surface area contributed by atoms with Gasteiger partial charge in [-0.3, -0.25) is 0 Å². The fourth-order valence-electron chi connectivity index (χ4n) is 3.05. The summed E-state index contributed by atoms with van der Waals surface area (Å²) in [6.45, 7) is 6.58. The van der Waals surface area contributed by atoms with Gasteiger partial charge in [0.25, 0.3) is 0 Å². The molecule has 0 unspecified atom stereocenters. The normalized spacial score (nSPS) is 11.5. The summed E-state index contributed by atoms with van der Waals surface area (Å²) in [6.07, 6.45) is -3.86. The van der Waals surface area contributed by atoms with E-state index in [2.05, 4.69) is 9.97 Å². The predicted molar refractivity (Wildman–Crippen MR) is 117 cm³/mol. The van der Waals surface area contributed by atoms with Crippen molar-refractivity contribution in [2.24, 2.45) is 5.92 Å². The number of hydrogen-bond acceptors (Lipinski definition) is 5. The Morgan fingerprint density at radius 3 is 2.31 bits per heavy atom. The molecule has 3 rings (SSSR count). The maximum absolute atomic E-state index is 13.8. The van der Waals surface area contributed by atoms with Gasteiger partial charge < -0.3 is 14.4 Å². The van der Waals surface area contributed by atoms with E-state index in [0.29, 0.717) is 18.0 Å². The second kappa shape index (κ2) is 10.3. The highest BCUT2D eigenvalue weighted by atomic mass is 19.4. The summed E-state index contributed by atoms with van der Waals surface area (Å²) in [7, 11) is 0. The van der Waals surface area contributed by atoms with Crippen LogP contribution in [0.3, 0.4) is 0 Å². The third kappa shape index (κ3) is 5.90. The number of rotatable bonds is 9. The van der Waals surface area contributed by atoms with Crippen LogP contribution < -0.4 is 14.4 Å². The Kier molecular flexibility index (Phi) is 7.56. The molecule has 0 atom stereocenters. The number of anilines is 2. The number of para-hydroxylation sites is 2. The predicted octanol–water partition coefficient (Wildman–Crippen LogP) is 6.27. The van der Waals surface area contributed by atoms with Gasteiger partial charge in [0.1, 0.15) is 17.9 Å². The van der Waals surface area contributed by atoms with Crippen LogP contribution in [0.4, 0.5) is 24.7 Å². The summed E-state index contributed by atoms with van der Waals surface area (Å²) in [5.41, 5.74) is 0.413.